The molecular formula is C15H18N2S. The molecule has 0 aliphatic heterocycles. The van der Waals surface area contributed by atoms with Crippen LogP contribution in [0.4, 0.5) is 0 Å². The van der Waals surface area contributed by atoms with Crippen molar-refractivity contribution in [1.29, 1.82) is 0 Å². The number of rotatable bonds is 2. The fourth-order valence-corrected chi connectivity index (χ4v) is 3.56. The van der Waals surface area contributed by atoms with E-state index in [0.29, 0.717) is 0 Å². The molecule has 2 aromatic rings. The van der Waals surface area contributed by atoms with E-state index in [4.69, 9.17) is 5.73 Å². The molecule has 94 valence electrons. The first kappa shape index (κ1) is 11.9. The summed E-state index contributed by atoms with van der Waals surface area (Å²) in [5.74, 6) is 0. The second kappa shape index (κ2) is 4.48. The molecule has 1 unspecified atom stereocenters. The monoisotopic (exact) mass is 258 g/mol. The molecule has 0 bridgehead atoms. The van der Waals surface area contributed by atoms with Crippen LogP contribution in [0.3, 0.4) is 0 Å². The summed E-state index contributed by atoms with van der Waals surface area (Å²) in [4.78, 5) is 4.56. The van der Waals surface area contributed by atoms with E-state index in [9.17, 15) is 0 Å². The van der Waals surface area contributed by atoms with Gasteiger partial charge in [-0.1, -0.05) is 24.3 Å². The van der Waals surface area contributed by atoms with Crippen molar-refractivity contribution < 1.29 is 0 Å². The summed E-state index contributed by atoms with van der Waals surface area (Å²) < 4.78 is 0. The first-order valence-electron chi connectivity index (χ1n) is 6.46. The SMILES string of the molecule is Cc1nc(CC2(N)CCCc3ccccc32)cs1. The van der Waals surface area contributed by atoms with E-state index in [1.807, 2.05) is 6.92 Å². The number of fused-ring (bicyclic) bond motifs is 1. The maximum absolute atomic E-state index is 6.68. The molecule has 0 fully saturated rings. The molecule has 3 rings (SSSR count). The van der Waals surface area contributed by atoms with Gasteiger partial charge in [-0.25, -0.2) is 4.98 Å². The summed E-state index contributed by atoms with van der Waals surface area (Å²) in [5.41, 5.74) is 10.3. The van der Waals surface area contributed by atoms with Gasteiger partial charge in [-0.05, 0) is 37.3 Å². The average Bonchev–Trinajstić information content (AvgIpc) is 2.75. The van der Waals surface area contributed by atoms with Gasteiger partial charge in [0.15, 0.2) is 0 Å². The molecule has 1 heterocycles. The van der Waals surface area contributed by atoms with Crippen LogP contribution in [0.25, 0.3) is 0 Å². The van der Waals surface area contributed by atoms with E-state index in [1.165, 1.54) is 17.5 Å². The molecule has 1 aliphatic rings. The molecule has 0 amide bonds. The lowest BCUT2D eigenvalue weighted by molar-refractivity contribution is 0.366. The molecule has 0 radical (unpaired) electrons. The predicted molar refractivity (Wildman–Crippen MR) is 75.8 cm³/mol. The summed E-state index contributed by atoms with van der Waals surface area (Å²) in [5, 5.41) is 3.26. The van der Waals surface area contributed by atoms with Gasteiger partial charge in [0, 0.05) is 17.3 Å². The van der Waals surface area contributed by atoms with Gasteiger partial charge >= 0.3 is 0 Å². The van der Waals surface area contributed by atoms with Crippen molar-refractivity contribution >= 4 is 11.3 Å². The van der Waals surface area contributed by atoms with Crippen LogP contribution in [-0.4, -0.2) is 4.98 Å². The Morgan fingerprint density at radius 2 is 2.22 bits per heavy atom. The largest absolute Gasteiger partial charge is 0.321 e. The molecule has 18 heavy (non-hydrogen) atoms. The third-order valence-electron chi connectivity index (χ3n) is 3.79. The minimum Gasteiger partial charge on any atom is -0.321 e. The number of hydrogen-bond acceptors (Lipinski definition) is 3. The summed E-state index contributed by atoms with van der Waals surface area (Å²) in [6, 6.07) is 8.60. The van der Waals surface area contributed by atoms with Gasteiger partial charge < -0.3 is 5.73 Å². The summed E-state index contributed by atoms with van der Waals surface area (Å²) >= 11 is 1.71. The van der Waals surface area contributed by atoms with Crippen molar-refractivity contribution in [2.24, 2.45) is 5.73 Å². The maximum Gasteiger partial charge on any atom is 0.0897 e. The van der Waals surface area contributed by atoms with E-state index in [0.717, 1.165) is 30.0 Å². The van der Waals surface area contributed by atoms with Crippen LogP contribution in [0.5, 0.6) is 0 Å². The van der Waals surface area contributed by atoms with E-state index < -0.39 is 0 Å². The Bertz CT molecular complexity index is 561. The number of aryl methyl sites for hydroxylation is 2. The van der Waals surface area contributed by atoms with Crippen LogP contribution in [-0.2, 0) is 18.4 Å². The Balaban J connectivity index is 1.95. The number of aromatic nitrogens is 1. The summed E-state index contributed by atoms with van der Waals surface area (Å²) in [7, 11) is 0. The van der Waals surface area contributed by atoms with Crippen molar-refractivity contribution in [3.05, 3.63) is 51.5 Å². The summed E-state index contributed by atoms with van der Waals surface area (Å²) in [6.45, 7) is 2.05. The van der Waals surface area contributed by atoms with Crippen LogP contribution in [0.15, 0.2) is 29.6 Å². The second-order valence-electron chi connectivity index (χ2n) is 5.20. The number of benzene rings is 1. The molecule has 1 aromatic carbocycles. The van der Waals surface area contributed by atoms with Crippen LogP contribution in [0, 0.1) is 6.92 Å². The Morgan fingerprint density at radius 3 is 3.00 bits per heavy atom. The predicted octanol–water partition coefficient (Wildman–Crippen LogP) is 3.18. The smallest absolute Gasteiger partial charge is 0.0897 e. The highest BCUT2D eigenvalue weighted by Crippen LogP contribution is 2.35. The van der Waals surface area contributed by atoms with E-state index in [-0.39, 0.29) is 5.54 Å². The maximum atomic E-state index is 6.68. The van der Waals surface area contributed by atoms with Crippen molar-refractivity contribution in [3.63, 3.8) is 0 Å². The second-order valence-corrected chi connectivity index (χ2v) is 6.26. The molecule has 0 spiro atoms. The zero-order chi connectivity index (χ0) is 12.6. The Kier molecular flexibility index (Phi) is 2.96. The standard InChI is InChI=1S/C15H18N2S/c1-11-17-13(10-18-11)9-15(16)8-4-6-12-5-2-3-7-14(12)15/h2-3,5,7,10H,4,6,8-9,16H2,1H3. The summed E-state index contributed by atoms with van der Waals surface area (Å²) in [6.07, 6.45) is 4.25. The van der Waals surface area contributed by atoms with Crippen LogP contribution >= 0.6 is 11.3 Å². The quantitative estimate of drug-likeness (QED) is 0.898. The van der Waals surface area contributed by atoms with Gasteiger partial charge in [-0.3, -0.25) is 0 Å². The van der Waals surface area contributed by atoms with E-state index in [1.54, 1.807) is 11.3 Å². The molecule has 1 atom stereocenters. The van der Waals surface area contributed by atoms with Crippen LogP contribution in [0.1, 0.15) is 34.7 Å². The minimum absolute atomic E-state index is 0.227. The highest BCUT2D eigenvalue weighted by molar-refractivity contribution is 7.09. The number of nitrogens with zero attached hydrogens (tertiary/aromatic N) is 1. The molecule has 2 nitrogen and oxygen atoms in total. The average molecular weight is 258 g/mol. The normalized spacial score (nSPS) is 22.8. The molecule has 3 heteroatoms. The molecule has 1 aliphatic carbocycles. The lowest BCUT2D eigenvalue weighted by atomic mass is 9.75. The van der Waals surface area contributed by atoms with Crippen molar-refractivity contribution in [1.82, 2.24) is 4.98 Å². The zero-order valence-corrected chi connectivity index (χ0v) is 11.5. The van der Waals surface area contributed by atoms with E-state index >= 15 is 0 Å². The van der Waals surface area contributed by atoms with Gasteiger partial charge in [0.05, 0.1) is 10.7 Å². The van der Waals surface area contributed by atoms with Crippen molar-refractivity contribution in [3.8, 4) is 0 Å². The molecule has 0 saturated carbocycles. The lowest BCUT2D eigenvalue weighted by Crippen LogP contribution is -2.42. The highest BCUT2D eigenvalue weighted by atomic mass is 32.1. The topological polar surface area (TPSA) is 38.9 Å². The number of hydrogen-bond donors (Lipinski definition) is 1. The van der Waals surface area contributed by atoms with Gasteiger partial charge in [0.2, 0.25) is 0 Å². The Morgan fingerprint density at radius 1 is 1.39 bits per heavy atom. The Hall–Kier alpha value is -1.19. The third-order valence-corrected chi connectivity index (χ3v) is 4.61. The third kappa shape index (κ3) is 2.08. The van der Waals surface area contributed by atoms with Crippen LogP contribution < -0.4 is 5.73 Å². The van der Waals surface area contributed by atoms with E-state index in [2.05, 4.69) is 34.6 Å². The zero-order valence-electron chi connectivity index (χ0n) is 10.6. The minimum atomic E-state index is -0.227. The van der Waals surface area contributed by atoms with Crippen LogP contribution in [0.2, 0.25) is 0 Å². The van der Waals surface area contributed by atoms with Crippen molar-refractivity contribution in [2.75, 3.05) is 0 Å². The number of nitrogens with two attached hydrogens (primary N) is 1. The molecule has 0 saturated heterocycles. The van der Waals surface area contributed by atoms with Gasteiger partial charge in [0.1, 0.15) is 0 Å². The fraction of sp³-hybridized carbons (Fsp3) is 0.400. The molecule has 2 N–H and O–H groups in total. The van der Waals surface area contributed by atoms with Gasteiger partial charge in [-0.15, -0.1) is 11.3 Å². The van der Waals surface area contributed by atoms with Gasteiger partial charge in [0.25, 0.3) is 0 Å². The fourth-order valence-electron chi connectivity index (χ4n) is 2.95. The van der Waals surface area contributed by atoms with Gasteiger partial charge in [-0.2, -0.15) is 0 Å². The van der Waals surface area contributed by atoms with Crippen molar-refractivity contribution in [2.45, 2.75) is 38.1 Å². The number of thiazole rings is 1. The molecular weight excluding hydrogens is 240 g/mol. The Labute approximate surface area is 112 Å². The molecule has 1 aromatic heterocycles. The first-order chi connectivity index (χ1) is 8.67. The lowest BCUT2D eigenvalue weighted by Gasteiger charge is -2.35. The highest BCUT2D eigenvalue weighted by Gasteiger charge is 2.33. The first-order valence-corrected chi connectivity index (χ1v) is 7.34.